The molecule has 0 unspecified atom stereocenters. The zero-order valence-corrected chi connectivity index (χ0v) is 10.4. The molecule has 0 atom stereocenters. The quantitative estimate of drug-likeness (QED) is 0.479. The lowest BCUT2D eigenvalue weighted by Gasteiger charge is -1.99. The third kappa shape index (κ3) is 3.25. The van der Waals surface area contributed by atoms with E-state index in [0.29, 0.717) is 10.6 Å². The van der Waals surface area contributed by atoms with Crippen molar-refractivity contribution in [3.8, 4) is 0 Å². The third-order valence-corrected chi connectivity index (χ3v) is 2.13. The first kappa shape index (κ1) is 12.9. The molecular formula is C7H6Br2ClFN2. The smallest absolute Gasteiger partial charge is 0.135 e. The van der Waals surface area contributed by atoms with Gasteiger partial charge in [0.15, 0.2) is 0 Å². The minimum atomic E-state index is -0.455. The van der Waals surface area contributed by atoms with Crippen LogP contribution in [-0.4, -0.2) is 4.62 Å². The predicted octanol–water partition coefficient (Wildman–Crippen LogP) is 3.07. The molecule has 1 aromatic rings. The lowest BCUT2D eigenvalue weighted by atomic mass is 10.2. The van der Waals surface area contributed by atoms with Gasteiger partial charge in [0, 0.05) is 10.6 Å². The van der Waals surface area contributed by atoms with Gasteiger partial charge in [-0.3, -0.25) is 0 Å². The van der Waals surface area contributed by atoms with E-state index in [1.165, 1.54) is 12.1 Å². The molecule has 2 nitrogen and oxygen atoms in total. The molecule has 0 spiro atoms. The SMILES string of the molecule is Br.NN=C(Br)c1ccc(Cl)cc1F. The highest BCUT2D eigenvalue weighted by Gasteiger charge is 2.06. The van der Waals surface area contributed by atoms with E-state index >= 15 is 0 Å². The normalized spacial score (nSPS) is 10.8. The summed E-state index contributed by atoms with van der Waals surface area (Å²) >= 11 is 8.54. The Morgan fingerprint density at radius 3 is 2.62 bits per heavy atom. The number of hydrogen-bond donors (Lipinski definition) is 1. The molecule has 6 heteroatoms. The van der Waals surface area contributed by atoms with Gasteiger partial charge in [-0.15, -0.1) is 17.0 Å². The van der Waals surface area contributed by atoms with Gasteiger partial charge in [0.05, 0.1) is 0 Å². The Hall–Kier alpha value is -0.130. The zero-order chi connectivity index (χ0) is 9.14. The average Bonchev–Trinajstić information content (AvgIpc) is 2.03. The molecule has 0 fully saturated rings. The molecule has 13 heavy (non-hydrogen) atoms. The van der Waals surface area contributed by atoms with Gasteiger partial charge in [-0.25, -0.2) is 4.39 Å². The number of nitrogens with two attached hydrogens (primary N) is 1. The molecule has 0 radical (unpaired) electrons. The summed E-state index contributed by atoms with van der Waals surface area (Å²) in [5, 5.41) is 3.64. The van der Waals surface area contributed by atoms with Crippen molar-refractivity contribution in [3.05, 3.63) is 34.6 Å². The van der Waals surface area contributed by atoms with Crippen LogP contribution in [0.2, 0.25) is 5.02 Å². The lowest BCUT2D eigenvalue weighted by molar-refractivity contribution is 0.626. The van der Waals surface area contributed by atoms with E-state index in [2.05, 4.69) is 21.0 Å². The van der Waals surface area contributed by atoms with E-state index < -0.39 is 5.82 Å². The summed E-state index contributed by atoms with van der Waals surface area (Å²) in [6.45, 7) is 0. The van der Waals surface area contributed by atoms with E-state index in [0.717, 1.165) is 0 Å². The highest BCUT2D eigenvalue weighted by molar-refractivity contribution is 9.18. The first-order valence-corrected chi connectivity index (χ1v) is 4.21. The van der Waals surface area contributed by atoms with Crippen molar-refractivity contribution >= 4 is 49.1 Å². The van der Waals surface area contributed by atoms with Crippen molar-refractivity contribution in [2.45, 2.75) is 0 Å². The van der Waals surface area contributed by atoms with Crippen LogP contribution in [0, 0.1) is 5.82 Å². The van der Waals surface area contributed by atoms with Crippen LogP contribution in [0.15, 0.2) is 23.3 Å². The second-order valence-electron chi connectivity index (χ2n) is 2.04. The Kier molecular flexibility index (Phi) is 5.51. The van der Waals surface area contributed by atoms with Crippen LogP contribution in [-0.2, 0) is 0 Å². The summed E-state index contributed by atoms with van der Waals surface area (Å²) < 4.78 is 13.3. The molecule has 0 amide bonds. The van der Waals surface area contributed by atoms with Crippen LogP contribution in [0.4, 0.5) is 4.39 Å². The largest absolute Gasteiger partial charge is 0.322 e. The van der Waals surface area contributed by atoms with Gasteiger partial charge in [0.1, 0.15) is 10.4 Å². The second-order valence-corrected chi connectivity index (χ2v) is 3.23. The molecule has 2 N–H and O–H groups in total. The van der Waals surface area contributed by atoms with Gasteiger partial charge in [-0.2, -0.15) is 5.10 Å². The fraction of sp³-hybridized carbons (Fsp3) is 0. The maximum Gasteiger partial charge on any atom is 0.135 e. The Labute approximate surface area is 98.9 Å². The Morgan fingerprint density at radius 1 is 1.54 bits per heavy atom. The van der Waals surface area contributed by atoms with Crippen LogP contribution in [0.3, 0.4) is 0 Å². The molecule has 0 bridgehead atoms. The van der Waals surface area contributed by atoms with Crippen molar-refractivity contribution < 1.29 is 4.39 Å². The molecule has 0 saturated carbocycles. The summed E-state index contributed by atoms with van der Waals surface area (Å²) in [6, 6.07) is 4.26. The van der Waals surface area contributed by atoms with Gasteiger partial charge < -0.3 is 5.84 Å². The number of nitrogens with zero attached hydrogens (tertiary/aromatic N) is 1. The zero-order valence-electron chi connectivity index (χ0n) is 6.30. The molecule has 0 heterocycles. The van der Waals surface area contributed by atoms with Crippen molar-refractivity contribution in [2.75, 3.05) is 0 Å². The average molecular weight is 332 g/mol. The van der Waals surface area contributed by atoms with Crippen molar-refractivity contribution in [1.82, 2.24) is 0 Å². The van der Waals surface area contributed by atoms with Crippen molar-refractivity contribution in [3.63, 3.8) is 0 Å². The number of halogens is 4. The van der Waals surface area contributed by atoms with Crippen LogP contribution in [0.25, 0.3) is 0 Å². The molecule has 1 aromatic carbocycles. The Balaban J connectivity index is 0.00000144. The summed E-state index contributed by atoms with van der Waals surface area (Å²) in [4.78, 5) is 0. The van der Waals surface area contributed by atoms with Gasteiger partial charge in [0.25, 0.3) is 0 Å². The molecule has 0 aromatic heterocycles. The molecule has 0 saturated heterocycles. The first-order chi connectivity index (χ1) is 5.65. The van der Waals surface area contributed by atoms with Gasteiger partial charge in [-0.05, 0) is 34.1 Å². The summed E-state index contributed by atoms with van der Waals surface area (Å²) in [7, 11) is 0. The van der Waals surface area contributed by atoms with E-state index in [1.54, 1.807) is 6.07 Å². The molecule has 0 aliphatic carbocycles. The van der Waals surface area contributed by atoms with E-state index in [9.17, 15) is 4.39 Å². The molecule has 72 valence electrons. The fourth-order valence-electron chi connectivity index (χ4n) is 0.726. The van der Waals surface area contributed by atoms with Crippen LogP contribution < -0.4 is 5.84 Å². The van der Waals surface area contributed by atoms with E-state index in [-0.39, 0.29) is 21.6 Å². The number of hydrazone groups is 1. The maximum atomic E-state index is 13.0. The maximum absolute atomic E-state index is 13.0. The lowest BCUT2D eigenvalue weighted by Crippen LogP contribution is -1.98. The van der Waals surface area contributed by atoms with E-state index in [1.807, 2.05) is 0 Å². The second kappa shape index (κ2) is 5.57. The van der Waals surface area contributed by atoms with E-state index in [4.69, 9.17) is 17.4 Å². The molecule has 1 rings (SSSR count). The highest BCUT2D eigenvalue weighted by atomic mass is 79.9. The summed E-state index contributed by atoms with van der Waals surface area (Å²) in [5.41, 5.74) is 0.293. The number of benzene rings is 1. The number of hydrogen-bond acceptors (Lipinski definition) is 2. The fourth-order valence-corrected chi connectivity index (χ4v) is 1.21. The third-order valence-electron chi connectivity index (χ3n) is 1.27. The Bertz CT molecular complexity index is 330. The minimum Gasteiger partial charge on any atom is -0.322 e. The topological polar surface area (TPSA) is 38.4 Å². The summed E-state index contributed by atoms with van der Waals surface area (Å²) in [6.07, 6.45) is 0. The summed E-state index contributed by atoms with van der Waals surface area (Å²) in [5.74, 6) is 4.50. The molecule has 0 aliphatic rings. The van der Waals surface area contributed by atoms with Gasteiger partial charge in [0.2, 0.25) is 0 Å². The van der Waals surface area contributed by atoms with Crippen LogP contribution in [0.1, 0.15) is 5.56 Å². The van der Waals surface area contributed by atoms with Crippen LogP contribution in [0.5, 0.6) is 0 Å². The van der Waals surface area contributed by atoms with Crippen molar-refractivity contribution in [1.29, 1.82) is 0 Å². The molecular weight excluding hydrogens is 326 g/mol. The number of rotatable bonds is 1. The van der Waals surface area contributed by atoms with Crippen LogP contribution >= 0.6 is 44.5 Å². The first-order valence-electron chi connectivity index (χ1n) is 3.04. The monoisotopic (exact) mass is 330 g/mol. The highest BCUT2D eigenvalue weighted by Crippen LogP contribution is 2.16. The predicted molar refractivity (Wildman–Crippen MR) is 61.4 cm³/mol. The van der Waals surface area contributed by atoms with Gasteiger partial charge in [-0.1, -0.05) is 11.6 Å². The standard InChI is InChI=1S/C7H5BrClFN2.BrH/c8-7(12-11)5-2-1-4(9)3-6(5)10;/h1-3H,11H2;1H. The van der Waals surface area contributed by atoms with Crippen molar-refractivity contribution in [2.24, 2.45) is 10.9 Å². The Morgan fingerprint density at radius 2 is 2.15 bits per heavy atom. The minimum absolute atomic E-state index is 0. The van der Waals surface area contributed by atoms with Gasteiger partial charge >= 0.3 is 0 Å². The molecule has 0 aliphatic heterocycles.